The van der Waals surface area contributed by atoms with E-state index < -0.39 is 6.04 Å². The molecule has 1 fully saturated rings. The van der Waals surface area contributed by atoms with Crippen molar-refractivity contribution in [1.82, 2.24) is 10.2 Å². The van der Waals surface area contributed by atoms with Crippen LogP contribution < -0.4 is 5.32 Å². The monoisotopic (exact) mass is 522 g/mol. The Bertz CT molecular complexity index is 1150. The normalized spacial score (nSPS) is 14.7. The average molecular weight is 524 g/mol. The van der Waals surface area contributed by atoms with Gasteiger partial charge in [0.25, 0.3) is 0 Å². The number of nitrogens with one attached hydrogen (secondary N) is 1. The molecule has 0 heterocycles. The van der Waals surface area contributed by atoms with Crippen LogP contribution in [0.4, 0.5) is 0 Å². The number of hydrogen-bond acceptors (Lipinski definition) is 2. The van der Waals surface area contributed by atoms with Gasteiger partial charge in [0.05, 0.1) is 6.42 Å². The van der Waals surface area contributed by atoms with E-state index in [1.165, 1.54) is 6.42 Å². The summed E-state index contributed by atoms with van der Waals surface area (Å²) < 4.78 is 0. The third kappa shape index (κ3) is 7.35. The molecule has 1 N–H and O–H groups in total. The molecule has 188 valence electrons. The lowest BCUT2D eigenvalue weighted by Crippen LogP contribution is -2.53. The third-order valence-electron chi connectivity index (χ3n) is 6.79. The number of rotatable bonds is 9. The van der Waals surface area contributed by atoms with Gasteiger partial charge in [-0.3, -0.25) is 9.59 Å². The summed E-state index contributed by atoms with van der Waals surface area (Å²) in [5, 5.41) is 4.46. The minimum absolute atomic E-state index is 0.109. The zero-order chi connectivity index (χ0) is 25.3. The number of hydrogen-bond donors (Lipinski definition) is 1. The van der Waals surface area contributed by atoms with E-state index in [1.807, 2.05) is 66.7 Å². The van der Waals surface area contributed by atoms with Crippen LogP contribution in [0, 0.1) is 0 Å². The molecule has 1 aliphatic rings. The first-order chi connectivity index (χ1) is 17.5. The largest absolute Gasteiger partial charge is 0.352 e. The van der Waals surface area contributed by atoms with Crippen LogP contribution in [-0.4, -0.2) is 28.8 Å². The molecule has 6 heteroatoms. The lowest BCUT2D eigenvalue weighted by atomic mass is 9.94. The van der Waals surface area contributed by atoms with Gasteiger partial charge in [-0.05, 0) is 47.7 Å². The maximum absolute atomic E-state index is 13.8. The highest BCUT2D eigenvalue weighted by molar-refractivity contribution is 6.31. The number of nitrogens with zero attached hydrogens (tertiary/aromatic N) is 1. The summed E-state index contributed by atoms with van der Waals surface area (Å²) in [7, 11) is 0. The molecular formula is C30H32Cl2N2O2. The molecule has 0 radical (unpaired) electrons. The van der Waals surface area contributed by atoms with Crippen LogP contribution in [0.25, 0.3) is 0 Å². The van der Waals surface area contributed by atoms with E-state index in [0.717, 1.165) is 42.4 Å². The molecule has 0 aromatic heterocycles. The van der Waals surface area contributed by atoms with Crippen molar-refractivity contribution in [3.8, 4) is 0 Å². The fourth-order valence-corrected chi connectivity index (χ4v) is 5.11. The van der Waals surface area contributed by atoms with Gasteiger partial charge in [0.2, 0.25) is 11.8 Å². The highest BCUT2D eigenvalue weighted by Gasteiger charge is 2.32. The average Bonchev–Trinajstić information content (AvgIpc) is 2.89. The zero-order valence-corrected chi connectivity index (χ0v) is 21.8. The molecule has 0 bridgehead atoms. The second-order valence-electron chi connectivity index (χ2n) is 9.47. The second-order valence-corrected chi connectivity index (χ2v) is 10.3. The van der Waals surface area contributed by atoms with Gasteiger partial charge in [-0.2, -0.15) is 0 Å². The predicted octanol–water partition coefficient (Wildman–Crippen LogP) is 6.62. The second kappa shape index (κ2) is 12.9. The molecule has 1 aliphatic carbocycles. The highest BCUT2D eigenvalue weighted by atomic mass is 35.5. The Balaban J connectivity index is 1.65. The van der Waals surface area contributed by atoms with Gasteiger partial charge in [0.1, 0.15) is 6.04 Å². The summed E-state index contributed by atoms with van der Waals surface area (Å²) in [6.07, 6.45) is 6.00. The molecule has 0 unspecified atom stereocenters. The Kier molecular flexibility index (Phi) is 9.43. The number of halogens is 2. The molecule has 4 nitrogen and oxygen atoms in total. The predicted molar refractivity (Wildman–Crippen MR) is 146 cm³/mol. The lowest BCUT2D eigenvalue weighted by molar-refractivity contribution is -0.141. The lowest BCUT2D eigenvalue weighted by Gasteiger charge is -2.33. The van der Waals surface area contributed by atoms with E-state index in [4.69, 9.17) is 23.2 Å². The van der Waals surface area contributed by atoms with Crippen molar-refractivity contribution < 1.29 is 9.59 Å². The quantitative estimate of drug-likeness (QED) is 0.343. The van der Waals surface area contributed by atoms with Crippen LogP contribution in [0.2, 0.25) is 10.0 Å². The van der Waals surface area contributed by atoms with Gasteiger partial charge < -0.3 is 10.2 Å². The highest BCUT2D eigenvalue weighted by Crippen LogP contribution is 2.23. The molecule has 0 spiro atoms. The molecule has 2 amide bonds. The molecule has 1 saturated carbocycles. The zero-order valence-electron chi connectivity index (χ0n) is 20.3. The Labute approximate surface area is 223 Å². The molecule has 36 heavy (non-hydrogen) atoms. The maximum atomic E-state index is 13.8. The Morgan fingerprint density at radius 1 is 0.833 bits per heavy atom. The number of carbonyl (C=O) groups is 2. The van der Waals surface area contributed by atoms with Crippen molar-refractivity contribution >= 4 is 35.0 Å². The number of benzene rings is 3. The Morgan fingerprint density at radius 3 is 2.19 bits per heavy atom. The van der Waals surface area contributed by atoms with Gasteiger partial charge >= 0.3 is 0 Å². The maximum Gasteiger partial charge on any atom is 0.243 e. The van der Waals surface area contributed by atoms with Gasteiger partial charge in [0, 0.05) is 29.1 Å². The van der Waals surface area contributed by atoms with E-state index in [1.54, 1.807) is 17.0 Å². The first-order valence-electron chi connectivity index (χ1n) is 12.6. The standard InChI is InChI=1S/C30H32Cl2N2O2/c31-25-17-15-23(16-18-25)20-29(35)34(21-24-11-7-8-14-27(24)32)28(19-22-9-3-1-4-10-22)30(36)33-26-12-5-2-6-13-26/h1,3-4,7-11,14-18,26,28H,2,5-6,12-13,19-21H2,(H,33,36)/t28-/m0/s1. The molecule has 0 saturated heterocycles. The van der Waals surface area contributed by atoms with Crippen molar-refractivity contribution in [3.63, 3.8) is 0 Å². The van der Waals surface area contributed by atoms with Gasteiger partial charge in [-0.25, -0.2) is 0 Å². The fourth-order valence-electron chi connectivity index (χ4n) is 4.79. The first kappa shape index (κ1) is 26.2. The Morgan fingerprint density at radius 2 is 1.50 bits per heavy atom. The van der Waals surface area contributed by atoms with Crippen LogP contribution in [0.1, 0.15) is 48.8 Å². The van der Waals surface area contributed by atoms with Crippen molar-refractivity contribution in [2.75, 3.05) is 0 Å². The Hall–Kier alpha value is -2.82. The topological polar surface area (TPSA) is 49.4 Å². The molecule has 3 aromatic rings. The summed E-state index contributed by atoms with van der Waals surface area (Å²) in [6, 6.07) is 24.1. The van der Waals surface area contributed by atoms with E-state index in [0.29, 0.717) is 16.5 Å². The van der Waals surface area contributed by atoms with E-state index in [-0.39, 0.29) is 30.8 Å². The summed E-state index contributed by atoms with van der Waals surface area (Å²) >= 11 is 12.5. The molecule has 3 aromatic carbocycles. The van der Waals surface area contributed by atoms with E-state index in [2.05, 4.69) is 5.32 Å². The smallest absolute Gasteiger partial charge is 0.243 e. The molecule has 0 aliphatic heterocycles. The molecule has 1 atom stereocenters. The van der Waals surface area contributed by atoms with Gasteiger partial charge in [-0.1, -0.05) is 103 Å². The summed E-state index contributed by atoms with van der Waals surface area (Å²) in [5.74, 6) is -0.237. The van der Waals surface area contributed by atoms with Crippen molar-refractivity contribution in [2.24, 2.45) is 0 Å². The molecule has 4 rings (SSSR count). The fraction of sp³-hybridized carbons (Fsp3) is 0.333. The van der Waals surface area contributed by atoms with E-state index in [9.17, 15) is 9.59 Å². The van der Waals surface area contributed by atoms with Crippen molar-refractivity contribution in [3.05, 3.63) is 106 Å². The summed E-state index contributed by atoms with van der Waals surface area (Å²) in [4.78, 5) is 29.3. The van der Waals surface area contributed by atoms with Gasteiger partial charge in [-0.15, -0.1) is 0 Å². The minimum Gasteiger partial charge on any atom is -0.352 e. The van der Waals surface area contributed by atoms with Crippen LogP contribution in [0.3, 0.4) is 0 Å². The van der Waals surface area contributed by atoms with Crippen LogP contribution in [0.15, 0.2) is 78.9 Å². The summed E-state index contributed by atoms with van der Waals surface area (Å²) in [5.41, 5.74) is 2.66. The van der Waals surface area contributed by atoms with Gasteiger partial charge in [0.15, 0.2) is 0 Å². The van der Waals surface area contributed by atoms with Crippen LogP contribution in [0.5, 0.6) is 0 Å². The minimum atomic E-state index is -0.662. The van der Waals surface area contributed by atoms with Crippen LogP contribution >= 0.6 is 23.2 Å². The third-order valence-corrected chi connectivity index (χ3v) is 7.41. The van der Waals surface area contributed by atoms with Crippen molar-refractivity contribution in [2.45, 2.75) is 63.6 Å². The number of amides is 2. The first-order valence-corrected chi connectivity index (χ1v) is 13.4. The summed E-state index contributed by atoms with van der Waals surface area (Å²) in [6.45, 7) is 0.252. The van der Waals surface area contributed by atoms with Crippen LogP contribution in [-0.2, 0) is 29.0 Å². The van der Waals surface area contributed by atoms with E-state index >= 15 is 0 Å². The SMILES string of the molecule is O=C(NC1CCCCC1)[C@H](Cc1ccccc1)N(Cc1ccccc1Cl)C(=O)Cc1ccc(Cl)cc1. The van der Waals surface area contributed by atoms with Crippen molar-refractivity contribution in [1.29, 1.82) is 0 Å². The molecular weight excluding hydrogens is 491 g/mol. The number of carbonyl (C=O) groups excluding carboxylic acids is 2.